The van der Waals surface area contributed by atoms with Gasteiger partial charge in [0.2, 0.25) is 0 Å². The first kappa shape index (κ1) is 17.7. The first-order valence-corrected chi connectivity index (χ1v) is 8.51. The first-order valence-electron chi connectivity index (χ1n) is 6.71. The SMILES string of the molecule is O=P(O)(O)COCC(O)Cn1cnc2c(NCCO)ncnc21. The quantitative estimate of drug-likeness (QED) is 0.346. The topological polar surface area (TPSA) is 163 Å². The molecule has 2 aromatic rings. The van der Waals surface area contributed by atoms with Gasteiger partial charge in [-0.3, -0.25) is 4.57 Å². The highest BCUT2D eigenvalue weighted by Gasteiger charge is 2.16. The van der Waals surface area contributed by atoms with E-state index < -0.39 is 20.0 Å². The lowest BCUT2D eigenvalue weighted by Gasteiger charge is -2.12. The Morgan fingerprint density at radius 1 is 1.35 bits per heavy atom. The molecule has 5 N–H and O–H groups in total. The van der Waals surface area contributed by atoms with Gasteiger partial charge in [-0.15, -0.1) is 0 Å². The fourth-order valence-corrected chi connectivity index (χ4v) is 2.25. The molecular weight excluding hydrogens is 329 g/mol. The molecule has 0 bridgehead atoms. The largest absolute Gasteiger partial charge is 0.395 e. The van der Waals surface area contributed by atoms with Crippen LogP contribution in [0.2, 0.25) is 0 Å². The summed E-state index contributed by atoms with van der Waals surface area (Å²) in [5, 5.41) is 21.6. The molecule has 0 fully saturated rings. The standard InChI is InChI=1S/C11H18N5O6P/c17-2-1-12-10-9-11(14-5-13-10)16(6-15-9)3-8(18)4-22-7-23(19,20)21/h5-6,8,17-18H,1-4,7H2,(H,12,13,14)(H2,19,20,21). The molecule has 2 aromatic heterocycles. The van der Waals surface area contributed by atoms with Crippen LogP contribution in [0.15, 0.2) is 12.7 Å². The predicted octanol–water partition coefficient (Wildman–Crippen LogP) is -1.26. The van der Waals surface area contributed by atoms with E-state index in [2.05, 4.69) is 20.3 Å². The van der Waals surface area contributed by atoms with E-state index in [-0.39, 0.29) is 19.8 Å². The van der Waals surface area contributed by atoms with Crippen molar-refractivity contribution in [1.82, 2.24) is 19.5 Å². The zero-order valence-corrected chi connectivity index (χ0v) is 13.0. The van der Waals surface area contributed by atoms with Crippen molar-refractivity contribution in [1.29, 1.82) is 0 Å². The Labute approximate surface area is 131 Å². The molecule has 12 heteroatoms. The summed E-state index contributed by atoms with van der Waals surface area (Å²) in [6.45, 7) is 0.124. The van der Waals surface area contributed by atoms with Crippen molar-refractivity contribution in [2.45, 2.75) is 12.6 Å². The lowest BCUT2D eigenvalue weighted by molar-refractivity contribution is 0.0413. The Kier molecular flexibility index (Phi) is 5.99. The molecule has 0 aromatic carbocycles. The Bertz CT molecular complexity index is 689. The molecule has 0 aliphatic carbocycles. The second-order valence-corrected chi connectivity index (χ2v) is 6.35. The third-order valence-corrected chi connectivity index (χ3v) is 3.30. The molecule has 0 saturated carbocycles. The molecule has 0 amide bonds. The number of fused-ring (bicyclic) bond motifs is 1. The lowest BCUT2D eigenvalue weighted by atomic mass is 10.3. The van der Waals surface area contributed by atoms with Crippen LogP contribution in [-0.2, 0) is 15.8 Å². The second kappa shape index (κ2) is 7.77. The van der Waals surface area contributed by atoms with Crippen LogP contribution in [0, 0.1) is 0 Å². The highest BCUT2D eigenvalue weighted by Crippen LogP contribution is 2.33. The third kappa shape index (κ3) is 5.20. The number of aromatic nitrogens is 4. The molecule has 0 radical (unpaired) electrons. The van der Waals surface area contributed by atoms with Crippen molar-refractivity contribution in [2.75, 3.05) is 31.4 Å². The first-order chi connectivity index (χ1) is 10.9. The predicted molar refractivity (Wildman–Crippen MR) is 79.8 cm³/mol. The zero-order valence-electron chi connectivity index (χ0n) is 12.1. The summed E-state index contributed by atoms with van der Waals surface area (Å²) in [4.78, 5) is 29.6. The molecule has 0 aliphatic heterocycles. The van der Waals surface area contributed by atoms with Crippen LogP contribution in [0.4, 0.5) is 5.82 Å². The summed E-state index contributed by atoms with van der Waals surface area (Å²) in [6.07, 6.45) is 1.07. The molecule has 2 rings (SSSR count). The number of ether oxygens (including phenoxy) is 1. The number of hydrogen-bond donors (Lipinski definition) is 5. The summed E-state index contributed by atoms with van der Waals surface area (Å²) in [5.74, 6) is 0.468. The molecule has 0 spiro atoms. The van der Waals surface area contributed by atoms with Crippen LogP contribution in [0.25, 0.3) is 11.2 Å². The van der Waals surface area contributed by atoms with E-state index in [1.807, 2.05) is 0 Å². The number of nitrogens with zero attached hydrogens (tertiary/aromatic N) is 4. The molecule has 1 atom stereocenters. The van der Waals surface area contributed by atoms with Crippen LogP contribution in [0.3, 0.4) is 0 Å². The van der Waals surface area contributed by atoms with Crippen LogP contribution in [0.1, 0.15) is 0 Å². The van der Waals surface area contributed by atoms with Gasteiger partial charge >= 0.3 is 7.60 Å². The van der Waals surface area contributed by atoms with Crippen molar-refractivity contribution in [3.63, 3.8) is 0 Å². The highest BCUT2D eigenvalue weighted by molar-refractivity contribution is 7.51. The van der Waals surface area contributed by atoms with Crippen molar-refractivity contribution in [3.8, 4) is 0 Å². The molecule has 23 heavy (non-hydrogen) atoms. The van der Waals surface area contributed by atoms with Gasteiger partial charge in [0, 0.05) is 6.54 Å². The summed E-state index contributed by atoms with van der Waals surface area (Å²) in [5.41, 5.74) is 0.971. The third-order valence-electron chi connectivity index (χ3n) is 2.78. The highest BCUT2D eigenvalue weighted by atomic mass is 31.2. The molecule has 128 valence electrons. The van der Waals surface area contributed by atoms with E-state index in [1.165, 1.54) is 12.7 Å². The van der Waals surface area contributed by atoms with Crippen LogP contribution < -0.4 is 5.32 Å². The number of aliphatic hydroxyl groups is 2. The monoisotopic (exact) mass is 347 g/mol. The van der Waals surface area contributed by atoms with Crippen LogP contribution in [-0.4, -0.2) is 71.7 Å². The Balaban J connectivity index is 2.01. The maximum Gasteiger partial charge on any atom is 0.350 e. The van der Waals surface area contributed by atoms with Crippen LogP contribution in [0.5, 0.6) is 0 Å². The lowest BCUT2D eigenvalue weighted by Crippen LogP contribution is -2.22. The number of aliphatic hydroxyl groups excluding tert-OH is 2. The molecule has 1 unspecified atom stereocenters. The van der Waals surface area contributed by atoms with Crippen LogP contribution >= 0.6 is 7.60 Å². The van der Waals surface area contributed by atoms with Gasteiger partial charge in [-0.05, 0) is 0 Å². The normalized spacial score (nSPS) is 13.4. The fraction of sp³-hybridized carbons (Fsp3) is 0.545. The minimum absolute atomic E-state index is 0.0537. The maximum atomic E-state index is 10.7. The average Bonchev–Trinajstić information content (AvgIpc) is 2.87. The Hall–Kier alpha value is -1.62. The molecule has 0 aliphatic rings. The number of rotatable bonds is 9. The van der Waals surface area contributed by atoms with Crippen molar-refractivity contribution in [3.05, 3.63) is 12.7 Å². The van der Waals surface area contributed by atoms with E-state index in [0.29, 0.717) is 23.5 Å². The zero-order chi connectivity index (χ0) is 16.9. The van der Waals surface area contributed by atoms with Crippen molar-refractivity contribution >= 4 is 24.6 Å². The van der Waals surface area contributed by atoms with Gasteiger partial charge in [-0.2, -0.15) is 0 Å². The summed E-state index contributed by atoms with van der Waals surface area (Å²) >= 11 is 0. The van der Waals surface area contributed by atoms with Gasteiger partial charge in [-0.25, -0.2) is 15.0 Å². The van der Waals surface area contributed by atoms with Gasteiger partial charge in [0.05, 0.1) is 32.2 Å². The number of anilines is 1. The van der Waals surface area contributed by atoms with Crippen molar-refractivity contribution < 1.29 is 29.3 Å². The molecule has 11 nitrogen and oxygen atoms in total. The fourth-order valence-electron chi connectivity index (χ4n) is 1.91. The maximum absolute atomic E-state index is 10.7. The Morgan fingerprint density at radius 3 is 2.83 bits per heavy atom. The van der Waals surface area contributed by atoms with E-state index in [1.54, 1.807) is 4.57 Å². The second-order valence-electron chi connectivity index (χ2n) is 4.76. The minimum Gasteiger partial charge on any atom is -0.395 e. The van der Waals surface area contributed by atoms with Gasteiger partial charge in [0.25, 0.3) is 0 Å². The number of nitrogens with one attached hydrogen (secondary N) is 1. The number of hydrogen-bond acceptors (Lipinski definition) is 8. The summed E-state index contributed by atoms with van der Waals surface area (Å²) < 4.78 is 17.0. The summed E-state index contributed by atoms with van der Waals surface area (Å²) in [7, 11) is -4.25. The average molecular weight is 347 g/mol. The van der Waals surface area contributed by atoms with Crippen molar-refractivity contribution in [2.24, 2.45) is 0 Å². The van der Waals surface area contributed by atoms with Gasteiger partial charge in [0.15, 0.2) is 11.5 Å². The smallest absolute Gasteiger partial charge is 0.350 e. The van der Waals surface area contributed by atoms with E-state index in [4.69, 9.17) is 19.6 Å². The van der Waals surface area contributed by atoms with Gasteiger partial charge in [-0.1, -0.05) is 0 Å². The minimum atomic E-state index is -4.25. The van der Waals surface area contributed by atoms with Gasteiger partial charge < -0.3 is 34.6 Å². The molecular formula is C11H18N5O6P. The molecule has 0 saturated heterocycles. The summed E-state index contributed by atoms with van der Waals surface area (Å²) in [6, 6.07) is 0. The van der Waals surface area contributed by atoms with E-state index >= 15 is 0 Å². The van der Waals surface area contributed by atoms with E-state index in [9.17, 15) is 9.67 Å². The Morgan fingerprint density at radius 2 is 2.13 bits per heavy atom. The molecule has 2 heterocycles. The number of imidazole rings is 1. The van der Waals surface area contributed by atoms with E-state index in [0.717, 1.165) is 0 Å². The van der Waals surface area contributed by atoms with Gasteiger partial charge in [0.1, 0.15) is 18.2 Å².